The molecule has 0 aromatic heterocycles. The van der Waals surface area contributed by atoms with Crippen molar-refractivity contribution in [2.75, 3.05) is 13.2 Å². The monoisotopic (exact) mass is 136 g/mol. The van der Waals surface area contributed by atoms with E-state index in [1.807, 2.05) is 0 Å². The van der Waals surface area contributed by atoms with Crippen LogP contribution in [-0.2, 0) is 0 Å². The Bertz CT molecular complexity index is 66.0. The number of hydrogen-bond acceptors (Lipinski definition) is 4. The average Bonchev–Trinajstić information content (AvgIpc) is 1.87. The van der Waals surface area contributed by atoms with Gasteiger partial charge in [-0.05, 0) is 6.42 Å². The van der Waals surface area contributed by atoms with E-state index in [4.69, 9.17) is 20.4 Å². The Morgan fingerprint density at radius 2 is 1.56 bits per heavy atom. The molecule has 0 aliphatic carbocycles. The highest BCUT2D eigenvalue weighted by molar-refractivity contribution is 4.64. The van der Waals surface area contributed by atoms with Gasteiger partial charge in [-0.2, -0.15) is 0 Å². The third kappa shape index (κ3) is 3.42. The van der Waals surface area contributed by atoms with Gasteiger partial charge in [-0.1, -0.05) is 0 Å². The summed E-state index contributed by atoms with van der Waals surface area (Å²) >= 11 is 0. The lowest BCUT2D eigenvalue weighted by Gasteiger charge is -2.12. The van der Waals surface area contributed by atoms with Crippen LogP contribution in [0.2, 0.25) is 0 Å². The molecule has 56 valence electrons. The van der Waals surface area contributed by atoms with Crippen molar-refractivity contribution in [3.63, 3.8) is 0 Å². The second-order valence-electron chi connectivity index (χ2n) is 1.83. The maximum Gasteiger partial charge on any atom is 0.103 e. The Labute approximate surface area is 53.4 Å². The van der Waals surface area contributed by atoms with Gasteiger partial charge in [0.15, 0.2) is 0 Å². The standard InChI is InChI=1S/C5H12O4/c6-2-1-4(8)5(9)3-7/h4-9H,1-3H2/t4-,5-/m0/s1. The molecule has 0 amide bonds. The highest BCUT2D eigenvalue weighted by atomic mass is 16.4. The number of aliphatic hydroxyl groups is 4. The minimum absolute atomic E-state index is 0.0989. The highest BCUT2D eigenvalue weighted by Gasteiger charge is 2.13. The van der Waals surface area contributed by atoms with Gasteiger partial charge in [0.05, 0.1) is 12.7 Å². The molecule has 0 bridgehead atoms. The van der Waals surface area contributed by atoms with Gasteiger partial charge in [0.1, 0.15) is 6.10 Å². The van der Waals surface area contributed by atoms with Crippen molar-refractivity contribution in [3.05, 3.63) is 0 Å². The topological polar surface area (TPSA) is 80.9 Å². The molecule has 0 unspecified atom stereocenters. The maximum absolute atomic E-state index is 8.75. The molecule has 4 heteroatoms. The van der Waals surface area contributed by atoms with Crippen LogP contribution in [0, 0.1) is 0 Å². The Kier molecular flexibility index (Phi) is 4.61. The van der Waals surface area contributed by atoms with E-state index in [0.29, 0.717) is 0 Å². The van der Waals surface area contributed by atoms with Gasteiger partial charge in [0.25, 0.3) is 0 Å². The maximum atomic E-state index is 8.75. The lowest BCUT2D eigenvalue weighted by molar-refractivity contribution is -0.0238. The Balaban J connectivity index is 3.32. The van der Waals surface area contributed by atoms with E-state index in [0.717, 1.165) is 0 Å². The minimum Gasteiger partial charge on any atom is -0.396 e. The summed E-state index contributed by atoms with van der Waals surface area (Å²) in [6.07, 6.45) is -2.04. The first-order valence-corrected chi connectivity index (χ1v) is 2.80. The molecular weight excluding hydrogens is 124 g/mol. The summed E-state index contributed by atoms with van der Waals surface area (Å²) in [7, 11) is 0. The molecule has 0 radical (unpaired) electrons. The van der Waals surface area contributed by atoms with Crippen molar-refractivity contribution in [1.82, 2.24) is 0 Å². The largest absolute Gasteiger partial charge is 0.396 e. The third-order valence-corrected chi connectivity index (χ3v) is 1.06. The zero-order chi connectivity index (χ0) is 7.28. The molecule has 0 saturated heterocycles. The SMILES string of the molecule is OCC[C@H](O)[C@@H](O)CO. The zero-order valence-corrected chi connectivity index (χ0v) is 5.06. The smallest absolute Gasteiger partial charge is 0.103 e. The van der Waals surface area contributed by atoms with Gasteiger partial charge < -0.3 is 20.4 Å². The molecule has 0 rings (SSSR count). The number of aliphatic hydroxyl groups excluding tert-OH is 4. The van der Waals surface area contributed by atoms with E-state index in [9.17, 15) is 0 Å². The summed E-state index contributed by atoms with van der Waals surface area (Å²) in [6, 6.07) is 0. The fourth-order valence-electron chi connectivity index (χ4n) is 0.446. The second-order valence-corrected chi connectivity index (χ2v) is 1.83. The summed E-state index contributed by atoms with van der Waals surface area (Å²) in [6.45, 7) is -0.653. The first kappa shape index (κ1) is 8.84. The van der Waals surface area contributed by atoms with E-state index in [1.165, 1.54) is 0 Å². The van der Waals surface area contributed by atoms with Crippen LogP contribution in [0.3, 0.4) is 0 Å². The van der Waals surface area contributed by atoms with Crippen LogP contribution in [0.15, 0.2) is 0 Å². The van der Waals surface area contributed by atoms with Crippen LogP contribution in [0.1, 0.15) is 6.42 Å². The zero-order valence-electron chi connectivity index (χ0n) is 5.06. The van der Waals surface area contributed by atoms with Gasteiger partial charge >= 0.3 is 0 Å². The molecule has 9 heavy (non-hydrogen) atoms. The molecule has 4 N–H and O–H groups in total. The summed E-state index contributed by atoms with van der Waals surface area (Å²) in [5, 5.41) is 33.9. The van der Waals surface area contributed by atoms with Gasteiger partial charge in [-0.15, -0.1) is 0 Å². The Morgan fingerprint density at radius 3 is 1.89 bits per heavy atom. The number of hydrogen-bond donors (Lipinski definition) is 4. The molecule has 0 spiro atoms. The average molecular weight is 136 g/mol. The predicted molar refractivity (Wildman–Crippen MR) is 30.8 cm³/mol. The molecule has 0 aromatic rings. The first-order valence-electron chi connectivity index (χ1n) is 2.80. The molecule has 0 aliphatic heterocycles. The van der Waals surface area contributed by atoms with Crippen LogP contribution >= 0.6 is 0 Å². The molecular formula is C5H12O4. The third-order valence-electron chi connectivity index (χ3n) is 1.06. The van der Waals surface area contributed by atoms with E-state index < -0.39 is 18.8 Å². The molecule has 2 atom stereocenters. The lowest BCUT2D eigenvalue weighted by atomic mass is 10.1. The van der Waals surface area contributed by atoms with Crippen molar-refractivity contribution < 1.29 is 20.4 Å². The normalized spacial score (nSPS) is 17.3. The van der Waals surface area contributed by atoms with Crippen molar-refractivity contribution in [2.24, 2.45) is 0 Å². The van der Waals surface area contributed by atoms with E-state index in [1.54, 1.807) is 0 Å². The lowest BCUT2D eigenvalue weighted by Crippen LogP contribution is -2.29. The summed E-state index contributed by atoms with van der Waals surface area (Å²) in [4.78, 5) is 0. The van der Waals surface area contributed by atoms with E-state index >= 15 is 0 Å². The molecule has 0 aliphatic rings. The summed E-state index contributed by atoms with van der Waals surface area (Å²) in [5.41, 5.74) is 0. The minimum atomic E-state index is -1.13. The Hall–Kier alpha value is -0.160. The first-order chi connectivity index (χ1) is 4.22. The fourth-order valence-corrected chi connectivity index (χ4v) is 0.446. The molecule has 0 aromatic carbocycles. The number of rotatable bonds is 4. The Morgan fingerprint density at radius 1 is 1.00 bits per heavy atom. The second kappa shape index (κ2) is 4.69. The van der Waals surface area contributed by atoms with E-state index in [2.05, 4.69) is 0 Å². The van der Waals surface area contributed by atoms with Crippen LogP contribution < -0.4 is 0 Å². The molecule has 0 fully saturated rings. The van der Waals surface area contributed by atoms with E-state index in [-0.39, 0.29) is 13.0 Å². The highest BCUT2D eigenvalue weighted by Crippen LogP contribution is 1.95. The molecule has 0 heterocycles. The van der Waals surface area contributed by atoms with Crippen molar-refractivity contribution in [1.29, 1.82) is 0 Å². The van der Waals surface area contributed by atoms with Crippen LogP contribution in [-0.4, -0.2) is 45.8 Å². The fraction of sp³-hybridized carbons (Fsp3) is 1.00. The van der Waals surface area contributed by atoms with Crippen molar-refractivity contribution in [3.8, 4) is 0 Å². The summed E-state index contributed by atoms with van der Waals surface area (Å²) in [5.74, 6) is 0. The van der Waals surface area contributed by atoms with Gasteiger partial charge in [-0.3, -0.25) is 0 Å². The predicted octanol–water partition coefficient (Wildman–Crippen LogP) is -1.92. The van der Waals surface area contributed by atoms with Gasteiger partial charge in [0, 0.05) is 6.61 Å². The van der Waals surface area contributed by atoms with Crippen LogP contribution in [0.5, 0.6) is 0 Å². The van der Waals surface area contributed by atoms with Crippen LogP contribution in [0.25, 0.3) is 0 Å². The molecule has 0 saturated carbocycles. The molecule has 4 nitrogen and oxygen atoms in total. The summed E-state index contributed by atoms with van der Waals surface area (Å²) < 4.78 is 0. The van der Waals surface area contributed by atoms with Crippen molar-refractivity contribution >= 4 is 0 Å². The quantitative estimate of drug-likeness (QED) is 0.363. The van der Waals surface area contributed by atoms with Gasteiger partial charge in [-0.25, -0.2) is 0 Å². The van der Waals surface area contributed by atoms with Crippen LogP contribution in [0.4, 0.5) is 0 Å². The van der Waals surface area contributed by atoms with Crippen molar-refractivity contribution in [2.45, 2.75) is 18.6 Å². The van der Waals surface area contributed by atoms with Gasteiger partial charge in [0.2, 0.25) is 0 Å².